The predicted molar refractivity (Wildman–Crippen MR) is 91.5 cm³/mol. The largest absolute Gasteiger partial charge is 0.292 e. The van der Waals surface area contributed by atoms with Crippen LogP contribution in [0.5, 0.6) is 0 Å². The molecule has 2 aliphatic heterocycles. The molecule has 1 fully saturated rings. The second-order valence-electron chi connectivity index (χ2n) is 6.40. The van der Waals surface area contributed by atoms with Crippen molar-refractivity contribution >= 4 is 5.71 Å². The highest BCUT2D eigenvalue weighted by Crippen LogP contribution is 2.30. The number of rotatable bonds is 4. The number of pyridine rings is 2. The maximum absolute atomic E-state index is 5.02. The third-order valence-electron chi connectivity index (χ3n) is 4.91. The van der Waals surface area contributed by atoms with E-state index in [-0.39, 0.29) is 0 Å². The molecule has 118 valence electrons. The van der Waals surface area contributed by atoms with E-state index in [1.807, 2.05) is 30.6 Å². The van der Waals surface area contributed by atoms with Crippen LogP contribution in [0.3, 0.4) is 0 Å². The van der Waals surface area contributed by atoms with Crippen LogP contribution in [0.25, 0.3) is 0 Å². The molecule has 0 aliphatic carbocycles. The fourth-order valence-corrected chi connectivity index (χ4v) is 3.80. The first kappa shape index (κ1) is 14.5. The van der Waals surface area contributed by atoms with Crippen LogP contribution in [0.4, 0.5) is 0 Å². The second kappa shape index (κ2) is 6.59. The Labute approximate surface area is 137 Å². The average molecular weight is 306 g/mol. The molecular formula is C19H22N4. The Kier molecular flexibility index (Phi) is 4.16. The molecule has 0 saturated carbocycles. The van der Waals surface area contributed by atoms with Crippen molar-refractivity contribution in [3.05, 3.63) is 60.2 Å². The maximum Gasteiger partial charge on any atom is 0.0840 e. The van der Waals surface area contributed by atoms with Crippen molar-refractivity contribution in [3.63, 3.8) is 0 Å². The highest BCUT2D eigenvalue weighted by molar-refractivity contribution is 6.00. The van der Waals surface area contributed by atoms with E-state index >= 15 is 0 Å². The predicted octanol–water partition coefficient (Wildman–Crippen LogP) is 3.09. The van der Waals surface area contributed by atoms with E-state index in [1.54, 1.807) is 0 Å². The first-order valence-corrected chi connectivity index (χ1v) is 8.52. The van der Waals surface area contributed by atoms with Gasteiger partial charge in [-0.25, -0.2) is 0 Å². The van der Waals surface area contributed by atoms with Crippen LogP contribution < -0.4 is 0 Å². The Morgan fingerprint density at radius 2 is 1.87 bits per heavy atom. The smallest absolute Gasteiger partial charge is 0.0840 e. The zero-order chi connectivity index (χ0) is 15.5. The van der Waals surface area contributed by atoms with Crippen LogP contribution in [0, 0.1) is 0 Å². The second-order valence-corrected chi connectivity index (χ2v) is 6.40. The molecule has 4 nitrogen and oxygen atoms in total. The molecule has 0 bridgehead atoms. The van der Waals surface area contributed by atoms with E-state index in [9.17, 15) is 0 Å². The Hall–Kier alpha value is -2.07. The molecule has 0 aromatic carbocycles. The van der Waals surface area contributed by atoms with Gasteiger partial charge in [0.2, 0.25) is 0 Å². The van der Waals surface area contributed by atoms with E-state index in [4.69, 9.17) is 4.99 Å². The molecule has 0 radical (unpaired) electrons. The Morgan fingerprint density at radius 3 is 2.65 bits per heavy atom. The van der Waals surface area contributed by atoms with E-state index in [0.29, 0.717) is 12.1 Å². The summed E-state index contributed by atoms with van der Waals surface area (Å²) in [5.41, 5.74) is 3.39. The molecule has 2 atom stereocenters. The summed E-state index contributed by atoms with van der Waals surface area (Å²) in [5, 5.41) is 0. The lowest BCUT2D eigenvalue weighted by Gasteiger charge is -2.27. The summed E-state index contributed by atoms with van der Waals surface area (Å²) in [6.07, 6.45) is 8.45. The molecule has 0 N–H and O–H groups in total. The number of hydrogen-bond acceptors (Lipinski definition) is 4. The van der Waals surface area contributed by atoms with Gasteiger partial charge in [-0.05, 0) is 56.5 Å². The average Bonchev–Trinajstić information content (AvgIpc) is 3.25. The summed E-state index contributed by atoms with van der Waals surface area (Å²) in [6.45, 7) is 2.10. The molecule has 4 heteroatoms. The highest BCUT2D eigenvalue weighted by Gasteiger charge is 2.34. The molecule has 4 rings (SSSR count). The first-order chi connectivity index (χ1) is 11.4. The van der Waals surface area contributed by atoms with Gasteiger partial charge in [0.25, 0.3) is 0 Å². The van der Waals surface area contributed by atoms with E-state index in [2.05, 4.69) is 33.1 Å². The lowest BCUT2D eigenvalue weighted by molar-refractivity contribution is 0.214. The standard InChI is InChI=1S/C19H22N4/c1-3-11-20-15(6-1)14-23-13-5-8-19(23)18-10-9-17(22-18)16-7-2-4-12-21-16/h1-4,6-7,11-12,18-19H,5,8-10,13-14H2/t18-,19-/m0/s1. The highest BCUT2D eigenvalue weighted by atomic mass is 15.2. The van der Waals surface area contributed by atoms with Gasteiger partial charge in [-0.2, -0.15) is 0 Å². The molecule has 2 aromatic rings. The summed E-state index contributed by atoms with van der Waals surface area (Å²) in [7, 11) is 0. The molecule has 2 aliphatic rings. The van der Waals surface area contributed by atoms with Gasteiger partial charge in [0.1, 0.15) is 0 Å². The SMILES string of the molecule is c1ccc(CN2CCC[C@H]2[C@@H]2CCC(c3ccccn3)=N2)nc1. The lowest BCUT2D eigenvalue weighted by atomic mass is 10.0. The summed E-state index contributed by atoms with van der Waals surface area (Å²) < 4.78 is 0. The maximum atomic E-state index is 5.02. The Balaban J connectivity index is 1.48. The van der Waals surface area contributed by atoms with Crippen molar-refractivity contribution in [1.29, 1.82) is 0 Å². The zero-order valence-corrected chi connectivity index (χ0v) is 13.3. The number of aromatic nitrogens is 2. The van der Waals surface area contributed by atoms with E-state index in [0.717, 1.165) is 37.3 Å². The van der Waals surface area contributed by atoms with Crippen molar-refractivity contribution in [2.75, 3.05) is 6.54 Å². The van der Waals surface area contributed by atoms with Gasteiger partial charge in [-0.15, -0.1) is 0 Å². The fourth-order valence-electron chi connectivity index (χ4n) is 3.80. The van der Waals surface area contributed by atoms with Crippen molar-refractivity contribution < 1.29 is 0 Å². The molecule has 1 saturated heterocycles. The molecular weight excluding hydrogens is 284 g/mol. The Morgan fingerprint density at radius 1 is 1.00 bits per heavy atom. The van der Waals surface area contributed by atoms with Gasteiger partial charge in [-0.1, -0.05) is 12.1 Å². The Bertz CT molecular complexity index is 668. The minimum Gasteiger partial charge on any atom is -0.292 e. The van der Waals surface area contributed by atoms with Crippen molar-refractivity contribution in [2.45, 2.75) is 44.3 Å². The quantitative estimate of drug-likeness (QED) is 0.871. The van der Waals surface area contributed by atoms with Crippen molar-refractivity contribution in [3.8, 4) is 0 Å². The molecule has 0 spiro atoms. The number of hydrogen-bond donors (Lipinski definition) is 0. The monoisotopic (exact) mass is 306 g/mol. The molecule has 4 heterocycles. The molecule has 0 unspecified atom stereocenters. The number of nitrogens with zero attached hydrogens (tertiary/aromatic N) is 4. The third kappa shape index (κ3) is 3.17. The normalized spacial score (nSPS) is 24.8. The summed E-state index contributed by atoms with van der Waals surface area (Å²) in [6, 6.07) is 13.2. The van der Waals surface area contributed by atoms with Crippen LogP contribution in [-0.2, 0) is 6.54 Å². The van der Waals surface area contributed by atoms with Crippen LogP contribution in [-0.4, -0.2) is 39.2 Å². The van der Waals surface area contributed by atoms with Gasteiger partial charge in [0, 0.05) is 25.0 Å². The van der Waals surface area contributed by atoms with Gasteiger partial charge >= 0.3 is 0 Å². The topological polar surface area (TPSA) is 41.4 Å². The van der Waals surface area contributed by atoms with Crippen LogP contribution >= 0.6 is 0 Å². The van der Waals surface area contributed by atoms with E-state index in [1.165, 1.54) is 18.6 Å². The van der Waals surface area contributed by atoms with Crippen molar-refractivity contribution in [2.24, 2.45) is 4.99 Å². The molecule has 23 heavy (non-hydrogen) atoms. The first-order valence-electron chi connectivity index (χ1n) is 8.52. The summed E-state index contributed by atoms with van der Waals surface area (Å²) >= 11 is 0. The summed E-state index contributed by atoms with van der Waals surface area (Å²) in [5.74, 6) is 0. The van der Waals surface area contributed by atoms with Gasteiger partial charge in [0.15, 0.2) is 0 Å². The fraction of sp³-hybridized carbons (Fsp3) is 0.421. The van der Waals surface area contributed by atoms with Gasteiger partial charge in [0.05, 0.1) is 23.1 Å². The molecule has 2 aromatic heterocycles. The van der Waals surface area contributed by atoms with E-state index < -0.39 is 0 Å². The lowest BCUT2D eigenvalue weighted by Crippen LogP contribution is -2.36. The van der Waals surface area contributed by atoms with Gasteiger partial charge in [-0.3, -0.25) is 19.9 Å². The molecule has 0 amide bonds. The minimum absolute atomic E-state index is 0.415. The van der Waals surface area contributed by atoms with Gasteiger partial charge < -0.3 is 0 Å². The minimum atomic E-state index is 0.415. The number of aliphatic imine (C=N–C) groups is 1. The van der Waals surface area contributed by atoms with Crippen LogP contribution in [0.1, 0.15) is 37.1 Å². The summed E-state index contributed by atoms with van der Waals surface area (Å²) in [4.78, 5) is 16.5. The zero-order valence-electron chi connectivity index (χ0n) is 13.3. The number of likely N-dealkylation sites (tertiary alicyclic amines) is 1. The van der Waals surface area contributed by atoms with Crippen LogP contribution in [0.15, 0.2) is 53.8 Å². The van der Waals surface area contributed by atoms with Crippen molar-refractivity contribution in [1.82, 2.24) is 14.9 Å². The van der Waals surface area contributed by atoms with Crippen LogP contribution in [0.2, 0.25) is 0 Å². The third-order valence-corrected chi connectivity index (χ3v) is 4.91.